The summed E-state index contributed by atoms with van der Waals surface area (Å²) in [5.41, 5.74) is 0.912. The van der Waals surface area contributed by atoms with E-state index in [1.54, 1.807) is 18.2 Å². The van der Waals surface area contributed by atoms with Crippen molar-refractivity contribution in [2.24, 2.45) is 11.8 Å². The monoisotopic (exact) mass is 345 g/mol. The number of phenolic OH excluding ortho intramolecular Hbond substituents is 1. The van der Waals surface area contributed by atoms with Crippen molar-refractivity contribution < 1.29 is 14.6 Å². The maximum atomic E-state index is 12.6. The molecule has 0 aromatic heterocycles. The number of benzene rings is 1. The van der Waals surface area contributed by atoms with Gasteiger partial charge in [0.05, 0.1) is 13.2 Å². The van der Waals surface area contributed by atoms with Crippen LogP contribution < -0.4 is 5.32 Å². The molecule has 6 nitrogen and oxygen atoms in total. The molecule has 25 heavy (non-hydrogen) atoms. The van der Waals surface area contributed by atoms with Crippen LogP contribution in [-0.2, 0) is 4.74 Å². The first kappa shape index (κ1) is 16.7. The average molecular weight is 345 g/mol. The predicted molar refractivity (Wildman–Crippen MR) is 94.4 cm³/mol. The molecule has 136 valence electrons. The van der Waals surface area contributed by atoms with E-state index in [9.17, 15) is 9.90 Å². The van der Waals surface area contributed by atoms with Crippen LogP contribution in [0.2, 0.25) is 0 Å². The largest absolute Gasteiger partial charge is 0.508 e. The van der Waals surface area contributed by atoms with Gasteiger partial charge in [0.25, 0.3) is 0 Å². The number of nitrogens with one attached hydrogen (secondary N) is 1. The molecule has 4 fully saturated rings. The van der Waals surface area contributed by atoms with E-state index in [0.29, 0.717) is 25.6 Å². The van der Waals surface area contributed by atoms with E-state index >= 15 is 0 Å². The first-order chi connectivity index (χ1) is 12.2. The second-order valence-corrected chi connectivity index (χ2v) is 7.48. The standard InChI is InChI=1S/C19H27N3O3/c23-17-3-1-2-15(10-17)18-13-22(8-9-25-18)19(24)20-11-16-12-21-6-4-14(16)5-7-21/h1-3,10,14,16,18,23H,4-9,11-13H2,(H,20,24). The molecule has 4 saturated heterocycles. The van der Waals surface area contributed by atoms with E-state index in [1.807, 2.05) is 11.0 Å². The number of hydrogen-bond acceptors (Lipinski definition) is 4. The van der Waals surface area contributed by atoms with Crippen molar-refractivity contribution >= 4 is 6.03 Å². The van der Waals surface area contributed by atoms with Crippen molar-refractivity contribution in [3.8, 4) is 5.75 Å². The van der Waals surface area contributed by atoms with Crippen LogP contribution in [0.5, 0.6) is 5.75 Å². The number of aromatic hydroxyl groups is 1. The molecule has 2 unspecified atom stereocenters. The molecular formula is C19H27N3O3. The summed E-state index contributed by atoms with van der Waals surface area (Å²) < 4.78 is 5.79. The molecule has 2 bridgehead atoms. The van der Waals surface area contributed by atoms with Gasteiger partial charge in [0, 0.05) is 19.6 Å². The summed E-state index contributed by atoms with van der Waals surface area (Å²) in [5, 5.41) is 12.8. The molecular weight excluding hydrogens is 318 g/mol. The Kier molecular flexibility index (Phi) is 4.81. The minimum Gasteiger partial charge on any atom is -0.508 e. The lowest BCUT2D eigenvalue weighted by molar-refractivity contribution is -0.0161. The van der Waals surface area contributed by atoms with Crippen LogP contribution in [0.4, 0.5) is 4.79 Å². The Labute approximate surface area is 148 Å². The predicted octanol–water partition coefficient (Wildman–Crippen LogP) is 1.82. The quantitative estimate of drug-likeness (QED) is 0.877. The van der Waals surface area contributed by atoms with Gasteiger partial charge in [-0.2, -0.15) is 0 Å². The molecule has 6 heteroatoms. The van der Waals surface area contributed by atoms with Crippen molar-refractivity contribution in [2.45, 2.75) is 18.9 Å². The van der Waals surface area contributed by atoms with Crippen LogP contribution in [0.1, 0.15) is 24.5 Å². The maximum absolute atomic E-state index is 12.6. The van der Waals surface area contributed by atoms with Crippen molar-refractivity contribution in [3.63, 3.8) is 0 Å². The highest BCUT2D eigenvalue weighted by Crippen LogP contribution is 2.32. The number of ether oxygens (including phenoxy) is 1. The van der Waals surface area contributed by atoms with Gasteiger partial charge in [-0.15, -0.1) is 0 Å². The lowest BCUT2D eigenvalue weighted by Gasteiger charge is -2.45. The number of hydrogen-bond donors (Lipinski definition) is 2. The third kappa shape index (κ3) is 3.75. The number of piperidine rings is 3. The van der Waals surface area contributed by atoms with Gasteiger partial charge in [-0.05, 0) is 55.5 Å². The van der Waals surface area contributed by atoms with Gasteiger partial charge >= 0.3 is 6.03 Å². The summed E-state index contributed by atoms with van der Waals surface area (Å²) in [6, 6.07) is 7.09. The lowest BCUT2D eigenvalue weighted by Crippen LogP contribution is -2.53. The fourth-order valence-corrected chi connectivity index (χ4v) is 4.41. The van der Waals surface area contributed by atoms with Gasteiger partial charge in [-0.3, -0.25) is 0 Å². The van der Waals surface area contributed by atoms with Gasteiger partial charge in [-0.25, -0.2) is 4.79 Å². The number of amides is 2. The van der Waals surface area contributed by atoms with Crippen LogP contribution in [0.25, 0.3) is 0 Å². The topological polar surface area (TPSA) is 65.0 Å². The smallest absolute Gasteiger partial charge is 0.317 e. The Bertz CT molecular complexity index is 616. The van der Waals surface area contributed by atoms with E-state index in [4.69, 9.17) is 4.74 Å². The van der Waals surface area contributed by atoms with Gasteiger partial charge < -0.3 is 25.0 Å². The van der Waals surface area contributed by atoms with E-state index in [-0.39, 0.29) is 17.9 Å². The fraction of sp³-hybridized carbons (Fsp3) is 0.632. The molecule has 2 amide bonds. The molecule has 2 N–H and O–H groups in total. The normalized spacial score (nSPS) is 31.8. The molecule has 4 aliphatic heterocycles. The van der Waals surface area contributed by atoms with Crippen molar-refractivity contribution in [2.75, 3.05) is 45.9 Å². The van der Waals surface area contributed by atoms with Crippen LogP contribution in [-0.4, -0.2) is 66.8 Å². The Morgan fingerprint density at radius 2 is 2.08 bits per heavy atom. The highest BCUT2D eigenvalue weighted by molar-refractivity contribution is 5.74. The lowest BCUT2D eigenvalue weighted by atomic mass is 9.79. The van der Waals surface area contributed by atoms with Crippen LogP contribution in [0.3, 0.4) is 0 Å². The van der Waals surface area contributed by atoms with Gasteiger partial charge in [0.2, 0.25) is 0 Å². The third-order valence-corrected chi connectivity index (χ3v) is 5.90. The van der Waals surface area contributed by atoms with Gasteiger partial charge in [0.15, 0.2) is 0 Å². The number of nitrogens with zero attached hydrogens (tertiary/aromatic N) is 2. The number of rotatable bonds is 3. The Balaban J connectivity index is 1.31. The van der Waals surface area contributed by atoms with E-state index in [1.165, 1.54) is 25.9 Å². The minimum atomic E-state index is -0.177. The SMILES string of the molecule is O=C(NCC1CN2CCC1CC2)N1CCOC(c2cccc(O)c2)C1. The summed E-state index contributed by atoms with van der Waals surface area (Å²) >= 11 is 0. The van der Waals surface area contributed by atoms with Crippen LogP contribution in [0.15, 0.2) is 24.3 Å². The molecule has 2 atom stereocenters. The first-order valence-corrected chi connectivity index (χ1v) is 9.35. The number of fused-ring (bicyclic) bond motifs is 3. The second-order valence-electron chi connectivity index (χ2n) is 7.48. The number of phenols is 1. The molecule has 5 rings (SSSR count). The summed E-state index contributed by atoms with van der Waals surface area (Å²) in [6.45, 7) is 6.01. The Morgan fingerprint density at radius 1 is 1.24 bits per heavy atom. The molecule has 0 radical (unpaired) electrons. The Hall–Kier alpha value is -1.79. The number of urea groups is 1. The zero-order valence-corrected chi connectivity index (χ0v) is 14.6. The van der Waals surface area contributed by atoms with E-state index in [0.717, 1.165) is 24.6 Å². The summed E-state index contributed by atoms with van der Waals surface area (Å²) in [6.07, 6.45) is 2.37. The number of morpholine rings is 1. The highest BCUT2D eigenvalue weighted by Gasteiger charge is 2.34. The average Bonchev–Trinajstić information content (AvgIpc) is 2.67. The zero-order chi connectivity index (χ0) is 17.2. The zero-order valence-electron chi connectivity index (χ0n) is 14.6. The molecule has 0 aliphatic carbocycles. The summed E-state index contributed by atoms with van der Waals surface area (Å²) in [5.74, 6) is 1.59. The maximum Gasteiger partial charge on any atom is 0.317 e. The number of carbonyl (C=O) groups excluding carboxylic acids is 1. The summed E-state index contributed by atoms with van der Waals surface area (Å²) in [4.78, 5) is 16.9. The molecule has 1 aromatic rings. The molecule has 0 spiro atoms. The van der Waals surface area contributed by atoms with Crippen LogP contribution in [0, 0.1) is 11.8 Å². The molecule has 0 saturated carbocycles. The number of carbonyl (C=O) groups is 1. The fourth-order valence-electron chi connectivity index (χ4n) is 4.41. The van der Waals surface area contributed by atoms with Crippen molar-refractivity contribution in [1.82, 2.24) is 15.1 Å². The molecule has 4 heterocycles. The van der Waals surface area contributed by atoms with Crippen molar-refractivity contribution in [3.05, 3.63) is 29.8 Å². The van der Waals surface area contributed by atoms with Crippen molar-refractivity contribution in [1.29, 1.82) is 0 Å². The van der Waals surface area contributed by atoms with Gasteiger partial charge in [0.1, 0.15) is 11.9 Å². The summed E-state index contributed by atoms with van der Waals surface area (Å²) in [7, 11) is 0. The molecule has 4 aliphatic rings. The minimum absolute atomic E-state index is 0.00454. The second kappa shape index (κ2) is 7.22. The van der Waals surface area contributed by atoms with Gasteiger partial charge in [-0.1, -0.05) is 12.1 Å². The third-order valence-electron chi connectivity index (χ3n) is 5.90. The Morgan fingerprint density at radius 3 is 2.80 bits per heavy atom. The first-order valence-electron chi connectivity index (χ1n) is 9.35. The van der Waals surface area contributed by atoms with E-state index < -0.39 is 0 Å². The van der Waals surface area contributed by atoms with Crippen LogP contribution >= 0.6 is 0 Å². The van der Waals surface area contributed by atoms with E-state index in [2.05, 4.69) is 10.2 Å². The molecule has 1 aromatic carbocycles. The highest BCUT2D eigenvalue weighted by atomic mass is 16.5.